The van der Waals surface area contributed by atoms with E-state index in [9.17, 15) is 9.59 Å². The van der Waals surface area contributed by atoms with Gasteiger partial charge in [0.05, 0.1) is 18.2 Å². The average Bonchev–Trinajstić information content (AvgIpc) is 3.25. The number of amides is 2. The van der Waals surface area contributed by atoms with Crippen LogP contribution in [0.4, 0.5) is 5.00 Å². The molecule has 2 aromatic heterocycles. The van der Waals surface area contributed by atoms with E-state index in [2.05, 4.69) is 10.6 Å². The Balaban J connectivity index is 1.72. The van der Waals surface area contributed by atoms with Gasteiger partial charge < -0.3 is 19.9 Å². The molecule has 1 aliphatic carbocycles. The van der Waals surface area contributed by atoms with Gasteiger partial charge in [0, 0.05) is 23.9 Å². The maximum Gasteiger partial charge on any atom is 0.272 e. The van der Waals surface area contributed by atoms with Crippen LogP contribution in [0.3, 0.4) is 0 Å². The molecule has 2 N–H and O–H groups in total. The number of rotatable bonds is 5. The Morgan fingerprint density at radius 1 is 1.21 bits per heavy atom. The number of hydrogen-bond acceptors (Lipinski definition) is 4. The van der Waals surface area contributed by atoms with Gasteiger partial charge in [-0.1, -0.05) is 6.07 Å². The van der Waals surface area contributed by atoms with Crippen LogP contribution in [0.15, 0.2) is 24.3 Å². The van der Waals surface area contributed by atoms with Crippen molar-refractivity contribution >= 4 is 39.1 Å². The molecule has 6 nitrogen and oxygen atoms in total. The zero-order chi connectivity index (χ0) is 20.5. The Morgan fingerprint density at radius 2 is 2.00 bits per heavy atom. The SMILES string of the molecule is CCNC(=O)c1c(NC(=O)c2cc3c(OC)cccc3n2C)sc2c1CCCC2. The summed E-state index contributed by atoms with van der Waals surface area (Å²) < 4.78 is 7.28. The zero-order valence-corrected chi connectivity index (χ0v) is 17.7. The van der Waals surface area contributed by atoms with Gasteiger partial charge in [0.25, 0.3) is 11.8 Å². The minimum atomic E-state index is -0.227. The van der Waals surface area contributed by atoms with Gasteiger partial charge in [-0.25, -0.2) is 0 Å². The number of anilines is 1. The van der Waals surface area contributed by atoms with Crippen LogP contribution in [0, 0.1) is 0 Å². The van der Waals surface area contributed by atoms with Crippen molar-refractivity contribution in [1.29, 1.82) is 0 Å². The minimum absolute atomic E-state index is 0.110. The van der Waals surface area contributed by atoms with Crippen LogP contribution in [0.1, 0.15) is 51.1 Å². The number of methoxy groups -OCH3 is 1. The highest BCUT2D eigenvalue weighted by molar-refractivity contribution is 7.17. The summed E-state index contributed by atoms with van der Waals surface area (Å²) in [5, 5.41) is 7.44. The second kappa shape index (κ2) is 7.91. The van der Waals surface area contributed by atoms with Gasteiger partial charge in [0.1, 0.15) is 16.4 Å². The number of carbonyl (C=O) groups excluding carboxylic acids is 2. The molecule has 3 aromatic rings. The van der Waals surface area contributed by atoms with E-state index < -0.39 is 0 Å². The van der Waals surface area contributed by atoms with Crippen molar-refractivity contribution in [3.63, 3.8) is 0 Å². The first kappa shape index (κ1) is 19.5. The molecule has 0 fully saturated rings. The Morgan fingerprint density at radius 3 is 2.76 bits per heavy atom. The van der Waals surface area contributed by atoms with Gasteiger partial charge in [0.15, 0.2) is 0 Å². The first-order valence-electron chi connectivity index (χ1n) is 9.91. The molecule has 0 spiro atoms. The number of nitrogens with zero attached hydrogens (tertiary/aromatic N) is 1. The van der Waals surface area contributed by atoms with Crippen molar-refractivity contribution in [2.75, 3.05) is 19.0 Å². The van der Waals surface area contributed by atoms with Crippen molar-refractivity contribution in [1.82, 2.24) is 9.88 Å². The molecule has 2 heterocycles. The highest BCUT2D eigenvalue weighted by atomic mass is 32.1. The second-order valence-electron chi connectivity index (χ2n) is 7.21. The molecule has 0 radical (unpaired) electrons. The summed E-state index contributed by atoms with van der Waals surface area (Å²) in [7, 11) is 3.48. The van der Waals surface area contributed by atoms with E-state index in [1.54, 1.807) is 7.11 Å². The monoisotopic (exact) mass is 411 g/mol. The number of ether oxygens (including phenoxy) is 1. The molecule has 0 saturated heterocycles. The quantitative estimate of drug-likeness (QED) is 0.663. The first-order chi connectivity index (χ1) is 14.0. The Labute approximate surface area is 173 Å². The van der Waals surface area contributed by atoms with Gasteiger partial charge >= 0.3 is 0 Å². The lowest BCUT2D eigenvalue weighted by Gasteiger charge is -2.13. The topological polar surface area (TPSA) is 72.4 Å². The van der Waals surface area contributed by atoms with Gasteiger partial charge in [-0.05, 0) is 56.4 Å². The summed E-state index contributed by atoms with van der Waals surface area (Å²) in [4.78, 5) is 27.1. The fourth-order valence-corrected chi connectivity index (χ4v) is 5.32. The summed E-state index contributed by atoms with van der Waals surface area (Å²) in [6.07, 6.45) is 4.05. The molecule has 1 aliphatic rings. The maximum atomic E-state index is 13.2. The molecule has 4 rings (SSSR count). The molecule has 152 valence electrons. The van der Waals surface area contributed by atoms with Gasteiger partial charge in [0.2, 0.25) is 0 Å². The second-order valence-corrected chi connectivity index (χ2v) is 8.32. The number of hydrogen-bond donors (Lipinski definition) is 2. The van der Waals surface area contributed by atoms with Crippen molar-refractivity contribution in [3.8, 4) is 5.75 Å². The van der Waals surface area contributed by atoms with Gasteiger partial charge in [-0.3, -0.25) is 9.59 Å². The molecule has 0 bridgehead atoms. The van der Waals surface area contributed by atoms with E-state index in [-0.39, 0.29) is 11.8 Å². The van der Waals surface area contributed by atoms with Crippen LogP contribution in [0.25, 0.3) is 10.9 Å². The van der Waals surface area contributed by atoms with Crippen LogP contribution in [-0.4, -0.2) is 30.0 Å². The Bertz CT molecular complexity index is 1100. The van der Waals surface area contributed by atoms with Crippen molar-refractivity contribution < 1.29 is 14.3 Å². The molecule has 29 heavy (non-hydrogen) atoms. The summed E-state index contributed by atoms with van der Waals surface area (Å²) in [5.41, 5.74) is 3.18. The number of aryl methyl sites for hydroxylation is 2. The Hall–Kier alpha value is -2.80. The van der Waals surface area contributed by atoms with Crippen LogP contribution >= 0.6 is 11.3 Å². The predicted molar refractivity (Wildman–Crippen MR) is 116 cm³/mol. The Kier molecular flexibility index (Phi) is 5.32. The summed E-state index contributed by atoms with van der Waals surface area (Å²) >= 11 is 1.53. The van der Waals surface area contributed by atoms with Crippen LogP contribution in [0.2, 0.25) is 0 Å². The van der Waals surface area contributed by atoms with Gasteiger partial charge in [-0.2, -0.15) is 0 Å². The number of carbonyl (C=O) groups is 2. The predicted octanol–water partition coefficient (Wildman–Crippen LogP) is 4.13. The molecule has 0 aliphatic heterocycles. The maximum absolute atomic E-state index is 13.2. The number of benzene rings is 1. The molecule has 2 amide bonds. The fourth-order valence-electron chi connectivity index (χ4n) is 4.04. The molecule has 0 saturated carbocycles. The molecule has 0 atom stereocenters. The number of nitrogens with one attached hydrogen (secondary N) is 2. The van der Waals surface area contributed by atoms with Crippen molar-refractivity contribution in [2.45, 2.75) is 32.6 Å². The summed E-state index contributed by atoms with van der Waals surface area (Å²) in [6.45, 7) is 2.46. The van der Waals surface area contributed by atoms with Crippen LogP contribution in [-0.2, 0) is 19.9 Å². The smallest absolute Gasteiger partial charge is 0.272 e. The lowest BCUT2D eigenvalue weighted by Crippen LogP contribution is -2.25. The molecular formula is C22H25N3O3S. The number of aromatic nitrogens is 1. The minimum Gasteiger partial charge on any atom is -0.496 e. The molecule has 0 unspecified atom stereocenters. The molecule has 1 aromatic carbocycles. The highest BCUT2D eigenvalue weighted by Crippen LogP contribution is 2.38. The van der Waals surface area contributed by atoms with E-state index in [4.69, 9.17) is 4.74 Å². The average molecular weight is 412 g/mol. The summed E-state index contributed by atoms with van der Waals surface area (Å²) in [6, 6.07) is 7.58. The third-order valence-electron chi connectivity index (χ3n) is 5.46. The van der Waals surface area contributed by atoms with Crippen LogP contribution in [0.5, 0.6) is 5.75 Å². The van der Waals surface area contributed by atoms with E-state index in [0.29, 0.717) is 22.8 Å². The third-order valence-corrected chi connectivity index (χ3v) is 6.67. The van der Waals surface area contributed by atoms with Crippen LogP contribution < -0.4 is 15.4 Å². The van der Waals surface area contributed by atoms with Crippen molar-refractivity contribution in [3.05, 3.63) is 46.0 Å². The number of fused-ring (bicyclic) bond motifs is 2. The standard InChI is InChI=1S/C22H25N3O3S/c1-4-23-21(27)19-13-8-5-6-11-18(13)29-22(19)24-20(26)16-12-14-15(25(16)2)9-7-10-17(14)28-3/h7,9-10,12H,4-6,8,11H2,1-3H3,(H,23,27)(H,24,26). The number of thiophene rings is 1. The zero-order valence-electron chi connectivity index (χ0n) is 16.9. The van der Waals surface area contributed by atoms with E-state index in [0.717, 1.165) is 47.9 Å². The fraction of sp³-hybridized carbons (Fsp3) is 0.364. The third kappa shape index (κ3) is 3.40. The van der Waals surface area contributed by atoms with E-state index in [1.165, 1.54) is 16.2 Å². The summed E-state index contributed by atoms with van der Waals surface area (Å²) in [5.74, 6) is 0.391. The lowest BCUT2D eigenvalue weighted by molar-refractivity contribution is 0.0956. The molecular weight excluding hydrogens is 386 g/mol. The molecule has 7 heteroatoms. The highest BCUT2D eigenvalue weighted by Gasteiger charge is 2.27. The lowest BCUT2D eigenvalue weighted by atomic mass is 9.95. The van der Waals surface area contributed by atoms with E-state index in [1.807, 2.05) is 42.8 Å². The first-order valence-corrected chi connectivity index (χ1v) is 10.7. The van der Waals surface area contributed by atoms with E-state index >= 15 is 0 Å². The van der Waals surface area contributed by atoms with Gasteiger partial charge in [-0.15, -0.1) is 11.3 Å². The largest absolute Gasteiger partial charge is 0.496 e. The van der Waals surface area contributed by atoms with Crippen molar-refractivity contribution in [2.24, 2.45) is 7.05 Å². The normalized spacial score (nSPS) is 13.2.